The van der Waals surface area contributed by atoms with E-state index >= 15 is 0 Å². The normalized spacial score (nSPS) is 8.69. The third-order valence-corrected chi connectivity index (χ3v) is 1.18. The quantitative estimate of drug-likeness (QED) is 0.784. The molecule has 1 N–H and O–H groups in total. The van der Waals surface area contributed by atoms with Gasteiger partial charge < -0.3 is 9.84 Å². The standard InChI is InChI=1S/C8H7FO3.FH/c9-6-1-3-7(4-2-6)12-5-8(10)11;/h1-4H,5H2,(H,10,11);1H. The molecule has 1 aromatic rings. The molecule has 5 heteroatoms. The van der Waals surface area contributed by atoms with Crippen LogP contribution in [0.3, 0.4) is 0 Å². The Morgan fingerprint density at radius 3 is 2.38 bits per heavy atom. The Kier molecular flexibility index (Phi) is 4.43. The van der Waals surface area contributed by atoms with Crippen LogP contribution < -0.4 is 4.74 Å². The molecular formula is C8H8F2O3. The molecule has 0 amide bonds. The molecule has 0 spiro atoms. The van der Waals surface area contributed by atoms with Crippen LogP contribution in [-0.2, 0) is 4.79 Å². The van der Waals surface area contributed by atoms with E-state index in [-0.39, 0.29) is 10.5 Å². The highest BCUT2D eigenvalue weighted by Crippen LogP contribution is 2.10. The van der Waals surface area contributed by atoms with Crippen molar-refractivity contribution >= 4 is 5.97 Å². The van der Waals surface area contributed by atoms with Crippen LogP contribution in [-0.4, -0.2) is 17.7 Å². The Balaban J connectivity index is 0.00000144. The van der Waals surface area contributed by atoms with Crippen LogP contribution in [0.5, 0.6) is 5.75 Å². The number of benzene rings is 1. The number of aliphatic carboxylic acids is 1. The molecule has 0 fully saturated rings. The summed E-state index contributed by atoms with van der Waals surface area (Å²) in [5, 5.41) is 8.23. The highest BCUT2D eigenvalue weighted by Gasteiger charge is 1.98. The molecular weight excluding hydrogens is 182 g/mol. The summed E-state index contributed by atoms with van der Waals surface area (Å²) in [6, 6.07) is 5.16. The first kappa shape index (κ1) is 11.4. The van der Waals surface area contributed by atoms with Gasteiger partial charge in [-0.05, 0) is 24.3 Å². The van der Waals surface area contributed by atoms with Gasteiger partial charge in [-0.1, -0.05) is 0 Å². The monoisotopic (exact) mass is 190 g/mol. The lowest BCUT2D eigenvalue weighted by Crippen LogP contribution is -2.09. The second-order valence-corrected chi connectivity index (χ2v) is 2.14. The van der Waals surface area contributed by atoms with Crippen molar-refractivity contribution in [3.05, 3.63) is 30.1 Å². The number of rotatable bonds is 3. The minimum Gasteiger partial charge on any atom is -0.482 e. The maximum absolute atomic E-state index is 12.3. The molecule has 3 nitrogen and oxygen atoms in total. The zero-order chi connectivity index (χ0) is 8.97. The molecule has 0 bridgehead atoms. The summed E-state index contributed by atoms with van der Waals surface area (Å²) < 4.78 is 17.1. The third kappa shape index (κ3) is 4.05. The fourth-order valence-corrected chi connectivity index (χ4v) is 0.676. The van der Waals surface area contributed by atoms with Gasteiger partial charge in [-0.25, -0.2) is 9.18 Å². The molecule has 1 aromatic carbocycles. The Bertz CT molecular complexity index is 271. The van der Waals surface area contributed by atoms with Crippen LogP contribution in [0.2, 0.25) is 0 Å². The molecule has 13 heavy (non-hydrogen) atoms. The van der Waals surface area contributed by atoms with Gasteiger partial charge in [-0.3, -0.25) is 4.70 Å². The van der Waals surface area contributed by atoms with Gasteiger partial charge in [-0.2, -0.15) is 0 Å². The molecule has 0 aliphatic carbocycles. The number of halogens is 2. The highest BCUT2D eigenvalue weighted by molar-refractivity contribution is 5.68. The lowest BCUT2D eigenvalue weighted by molar-refractivity contribution is -0.139. The van der Waals surface area contributed by atoms with Crippen molar-refractivity contribution < 1.29 is 23.7 Å². The second-order valence-electron chi connectivity index (χ2n) is 2.14. The second kappa shape index (κ2) is 5.08. The molecule has 0 aliphatic heterocycles. The maximum atomic E-state index is 12.3. The largest absolute Gasteiger partial charge is 0.482 e. The summed E-state index contributed by atoms with van der Waals surface area (Å²) in [5.41, 5.74) is 0. The molecule has 1 rings (SSSR count). The molecule has 0 saturated carbocycles. The van der Waals surface area contributed by atoms with Crippen LogP contribution in [0.1, 0.15) is 0 Å². The summed E-state index contributed by atoms with van der Waals surface area (Å²) in [7, 11) is 0. The molecule has 0 saturated heterocycles. The minimum absolute atomic E-state index is 0. The van der Waals surface area contributed by atoms with E-state index in [1.54, 1.807) is 0 Å². The number of hydrogen-bond donors (Lipinski definition) is 1. The van der Waals surface area contributed by atoms with E-state index in [0.29, 0.717) is 5.75 Å². The van der Waals surface area contributed by atoms with Crippen molar-refractivity contribution in [2.45, 2.75) is 0 Å². The number of hydrogen-bond acceptors (Lipinski definition) is 2. The van der Waals surface area contributed by atoms with Crippen molar-refractivity contribution in [3.63, 3.8) is 0 Å². The first-order chi connectivity index (χ1) is 5.68. The van der Waals surface area contributed by atoms with Gasteiger partial charge in [0.15, 0.2) is 6.61 Å². The summed E-state index contributed by atoms with van der Waals surface area (Å²) in [6.45, 7) is -0.411. The average Bonchev–Trinajstić information content (AvgIpc) is 2.03. The fourth-order valence-electron chi connectivity index (χ4n) is 0.676. The van der Waals surface area contributed by atoms with Gasteiger partial charge in [0, 0.05) is 0 Å². The lowest BCUT2D eigenvalue weighted by atomic mass is 10.3. The van der Waals surface area contributed by atoms with Crippen LogP contribution >= 0.6 is 0 Å². The van der Waals surface area contributed by atoms with Gasteiger partial charge in [-0.15, -0.1) is 0 Å². The number of carbonyl (C=O) groups is 1. The Morgan fingerprint density at radius 2 is 1.92 bits per heavy atom. The third-order valence-electron chi connectivity index (χ3n) is 1.18. The van der Waals surface area contributed by atoms with E-state index in [0.717, 1.165) is 0 Å². The molecule has 0 unspecified atom stereocenters. The molecule has 0 atom stereocenters. The van der Waals surface area contributed by atoms with Crippen molar-refractivity contribution in [2.24, 2.45) is 0 Å². The summed E-state index contributed by atoms with van der Waals surface area (Å²) in [4.78, 5) is 10.0. The molecule has 72 valence electrons. The maximum Gasteiger partial charge on any atom is 0.341 e. The lowest BCUT2D eigenvalue weighted by Gasteiger charge is -2.01. The van der Waals surface area contributed by atoms with Crippen LogP contribution in [0, 0.1) is 5.82 Å². The highest BCUT2D eigenvalue weighted by atomic mass is 19.1. The zero-order valence-electron chi connectivity index (χ0n) is 6.57. The predicted molar refractivity (Wildman–Crippen MR) is 42.0 cm³/mol. The van der Waals surface area contributed by atoms with Crippen LogP contribution in [0.25, 0.3) is 0 Å². The molecule has 0 aliphatic rings. The van der Waals surface area contributed by atoms with E-state index < -0.39 is 12.6 Å². The Hall–Kier alpha value is -1.65. The molecule has 0 aromatic heterocycles. The minimum atomic E-state index is -1.06. The van der Waals surface area contributed by atoms with E-state index in [4.69, 9.17) is 9.84 Å². The molecule has 0 heterocycles. The van der Waals surface area contributed by atoms with Crippen molar-refractivity contribution in [1.82, 2.24) is 0 Å². The van der Waals surface area contributed by atoms with Crippen molar-refractivity contribution in [2.75, 3.05) is 6.61 Å². The zero-order valence-corrected chi connectivity index (χ0v) is 6.57. The van der Waals surface area contributed by atoms with Crippen LogP contribution in [0.4, 0.5) is 9.09 Å². The average molecular weight is 190 g/mol. The van der Waals surface area contributed by atoms with E-state index in [2.05, 4.69) is 0 Å². The number of carboxylic acids is 1. The van der Waals surface area contributed by atoms with E-state index in [9.17, 15) is 9.18 Å². The summed E-state index contributed by atoms with van der Waals surface area (Å²) >= 11 is 0. The Labute approximate surface area is 73.1 Å². The SMILES string of the molecule is F.O=C(O)COc1ccc(F)cc1. The van der Waals surface area contributed by atoms with Gasteiger partial charge >= 0.3 is 5.97 Å². The van der Waals surface area contributed by atoms with Crippen LogP contribution in [0.15, 0.2) is 24.3 Å². The molecule has 0 radical (unpaired) electrons. The number of carboxylic acid groups (broad SMARTS) is 1. The topological polar surface area (TPSA) is 46.5 Å². The number of ether oxygens (including phenoxy) is 1. The summed E-state index contributed by atoms with van der Waals surface area (Å²) in [5.74, 6) is -1.09. The fraction of sp³-hybridized carbons (Fsp3) is 0.125. The van der Waals surface area contributed by atoms with Gasteiger partial charge in [0.05, 0.1) is 0 Å². The van der Waals surface area contributed by atoms with Gasteiger partial charge in [0.1, 0.15) is 11.6 Å². The summed E-state index contributed by atoms with van der Waals surface area (Å²) in [6.07, 6.45) is 0. The van der Waals surface area contributed by atoms with E-state index in [1.165, 1.54) is 24.3 Å². The first-order valence-electron chi connectivity index (χ1n) is 3.28. The van der Waals surface area contributed by atoms with Gasteiger partial charge in [0.2, 0.25) is 0 Å². The first-order valence-corrected chi connectivity index (χ1v) is 3.28. The Morgan fingerprint density at radius 1 is 1.38 bits per heavy atom. The van der Waals surface area contributed by atoms with E-state index in [1.807, 2.05) is 0 Å². The predicted octanol–water partition coefficient (Wildman–Crippen LogP) is 1.44. The van der Waals surface area contributed by atoms with Gasteiger partial charge in [0.25, 0.3) is 0 Å². The van der Waals surface area contributed by atoms with Crippen molar-refractivity contribution in [3.8, 4) is 5.75 Å². The smallest absolute Gasteiger partial charge is 0.341 e. The van der Waals surface area contributed by atoms with Crippen molar-refractivity contribution in [1.29, 1.82) is 0 Å².